The maximum absolute atomic E-state index is 13.4. The second kappa shape index (κ2) is 6.58. The lowest BCUT2D eigenvalue weighted by atomic mass is 10.0. The minimum atomic E-state index is -0.786. The highest BCUT2D eigenvalue weighted by Crippen LogP contribution is 2.40. The number of carbonyl (C=O) groups is 1. The molecule has 1 N–H and O–H groups in total. The Kier molecular flexibility index (Phi) is 4.27. The third kappa shape index (κ3) is 3.05. The van der Waals surface area contributed by atoms with Crippen molar-refractivity contribution in [1.29, 1.82) is 0 Å². The van der Waals surface area contributed by atoms with Crippen LogP contribution in [0.4, 0.5) is 4.39 Å². The number of likely N-dealkylation sites (tertiary alicyclic amines) is 1. The molecule has 0 radical (unpaired) electrons. The van der Waals surface area contributed by atoms with Crippen molar-refractivity contribution in [3.05, 3.63) is 70.9 Å². The van der Waals surface area contributed by atoms with E-state index in [-0.39, 0.29) is 11.9 Å². The topological polar surface area (TPSA) is 40.5 Å². The quantitative estimate of drug-likeness (QED) is 0.739. The van der Waals surface area contributed by atoms with Crippen LogP contribution < -0.4 is 0 Å². The smallest absolute Gasteiger partial charge is 0.320 e. The van der Waals surface area contributed by atoms with Crippen LogP contribution >= 0.6 is 11.3 Å². The van der Waals surface area contributed by atoms with Crippen molar-refractivity contribution in [3.63, 3.8) is 0 Å². The number of nitrogens with zero attached hydrogens (tertiary/aromatic N) is 1. The Labute approximate surface area is 149 Å². The third-order valence-electron chi connectivity index (χ3n) is 4.81. The van der Waals surface area contributed by atoms with Crippen molar-refractivity contribution in [1.82, 2.24) is 4.90 Å². The van der Waals surface area contributed by atoms with Crippen LogP contribution in [0.1, 0.15) is 29.3 Å². The average Bonchev–Trinajstić information content (AvgIpc) is 3.24. The minimum absolute atomic E-state index is 0.165. The zero-order valence-corrected chi connectivity index (χ0v) is 14.4. The summed E-state index contributed by atoms with van der Waals surface area (Å²) in [5, 5.41) is 10.8. The maximum Gasteiger partial charge on any atom is 0.320 e. The molecule has 4 rings (SSSR count). The second-order valence-electron chi connectivity index (χ2n) is 6.37. The molecule has 2 unspecified atom stereocenters. The van der Waals surface area contributed by atoms with Gasteiger partial charge in [0.15, 0.2) is 0 Å². The summed E-state index contributed by atoms with van der Waals surface area (Å²) in [6.07, 6.45) is 1.51. The van der Waals surface area contributed by atoms with Crippen LogP contribution in [0.5, 0.6) is 0 Å². The van der Waals surface area contributed by atoms with Gasteiger partial charge in [-0.05, 0) is 48.1 Å². The van der Waals surface area contributed by atoms with Gasteiger partial charge < -0.3 is 5.11 Å². The first-order chi connectivity index (χ1) is 12.1. The van der Waals surface area contributed by atoms with Crippen LogP contribution in [0, 0.1) is 5.82 Å². The molecule has 0 aliphatic carbocycles. The number of fused-ring (bicyclic) bond motifs is 1. The minimum Gasteiger partial charge on any atom is -0.480 e. The fourth-order valence-electron chi connectivity index (χ4n) is 3.66. The molecule has 0 spiro atoms. The first-order valence-electron chi connectivity index (χ1n) is 8.36. The summed E-state index contributed by atoms with van der Waals surface area (Å²) in [6, 6.07) is 16.0. The van der Waals surface area contributed by atoms with Gasteiger partial charge in [0, 0.05) is 16.1 Å². The Balaban J connectivity index is 1.83. The Morgan fingerprint density at radius 1 is 1.20 bits per heavy atom. The van der Waals surface area contributed by atoms with Gasteiger partial charge in [0.2, 0.25) is 0 Å². The van der Waals surface area contributed by atoms with Gasteiger partial charge in [0.05, 0.1) is 6.04 Å². The van der Waals surface area contributed by atoms with E-state index in [2.05, 4.69) is 18.2 Å². The van der Waals surface area contributed by atoms with E-state index >= 15 is 0 Å². The van der Waals surface area contributed by atoms with Crippen molar-refractivity contribution in [2.24, 2.45) is 0 Å². The lowest BCUT2D eigenvalue weighted by molar-refractivity contribution is -0.142. The molecule has 1 aromatic heterocycles. The monoisotopic (exact) mass is 355 g/mol. The van der Waals surface area contributed by atoms with Gasteiger partial charge in [-0.15, -0.1) is 11.3 Å². The van der Waals surface area contributed by atoms with Crippen LogP contribution in [0.15, 0.2) is 54.6 Å². The van der Waals surface area contributed by atoms with E-state index in [4.69, 9.17) is 0 Å². The number of aliphatic carboxylic acids is 1. The maximum atomic E-state index is 13.4. The number of carboxylic acid groups (broad SMARTS) is 1. The van der Waals surface area contributed by atoms with Gasteiger partial charge in [0.1, 0.15) is 11.9 Å². The molecule has 0 saturated carbocycles. The van der Waals surface area contributed by atoms with Crippen LogP contribution in [-0.4, -0.2) is 28.6 Å². The standard InChI is InChI=1S/C20H18FNO2S/c21-15-9-7-13(8-10-15)19(22-11-3-5-16(22)20(23)24)18-12-14-4-1-2-6-17(14)25-18/h1-2,4,6-10,12,16,19H,3,5,11H2,(H,23,24). The predicted molar refractivity (Wildman–Crippen MR) is 97.4 cm³/mol. The molecule has 2 atom stereocenters. The Morgan fingerprint density at radius 2 is 1.96 bits per heavy atom. The molecule has 3 nitrogen and oxygen atoms in total. The molecule has 0 bridgehead atoms. The molecule has 2 heterocycles. The number of rotatable bonds is 4. The van der Waals surface area contributed by atoms with Gasteiger partial charge in [-0.1, -0.05) is 30.3 Å². The zero-order valence-electron chi connectivity index (χ0n) is 13.6. The summed E-state index contributed by atoms with van der Waals surface area (Å²) < 4.78 is 14.6. The van der Waals surface area contributed by atoms with Crippen molar-refractivity contribution in [2.45, 2.75) is 24.9 Å². The summed E-state index contributed by atoms with van der Waals surface area (Å²) in [5.74, 6) is -1.07. The number of hydrogen-bond donors (Lipinski definition) is 1. The molecule has 0 amide bonds. The van der Waals surface area contributed by atoms with Crippen LogP contribution in [-0.2, 0) is 4.79 Å². The van der Waals surface area contributed by atoms with Crippen molar-refractivity contribution >= 4 is 27.4 Å². The van der Waals surface area contributed by atoms with Gasteiger partial charge >= 0.3 is 5.97 Å². The number of carboxylic acids is 1. The lowest BCUT2D eigenvalue weighted by Gasteiger charge is -2.31. The SMILES string of the molecule is O=C(O)C1CCCN1C(c1ccc(F)cc1)c1cc2ccccc2s1. The second-order valence-corrected chi connectivity index (χ2v) is 7.49. The van der Waals surface area contributed by atoms with Gasteiger partial charge in [-0.3, -0.25) is 9.69 Å². The van der Waals surface area contributed by atoms with E-state index in [1.807, 2.05) is 17.0 Å². The fraction of sp³-hybridized carbons (Fsp3) is 0.250. The summed E-state index contributed by atoms with van der Waals surface area (Å²) in [5.41, 5.74) is 0.932. The number of halogens is 1. The highest BCUT2D eigenvalue weighted by atomic mass is 32.1. The van der Waals surface area contributed by atoms with E-state index in [1.165, 1.54) is 16.8 Å². The molecular weight excluding hydrogens is 337 g/mol. The van der Waals surface area contributed by atoms with Crippen LogP contribution in [0.25, 0.3) is 10.1 Å². The van der Waals surface area contributed by atoms with E-state index < -0.39 is 12.0 Å². The summed E-state index contributed by atoms with van der Waals surface area (Å²) in [4.78, 5) is 14.8. The molecule has 128 valence electrons. The highest BCUT2D eigenvalue weighted by Gasteiger charge is 2.37. The largest absolute Gasteiger partial charge is 0.480 e. The molecule has 1 aliphatic rings. The number of hydrogen-bond acceptors (Lipinski definition) is 3. The molecule has 1 saturated heterocycles. The molecular formula is C20H18FNO2S. The Morgan fingerprint density at radius 3 is 2.68 bits per heavy atom. The predicted octanol–water partition coefficient (Wildman–Crippen LogP) is 4.68. The molecule has 1 fully saturated rings. The highest BCUT2D eigenvalue weighted by molar-refractivity contribution is 7.19. The summed E-state index contributed by atoms with van der Waals surface area (Å²) >= 11 is 1.68. The molecule has 2 aromatic carbocycles. The Hall–Kier alpha value is -2.24. The van der Waals surface area contributed by atoms with E-state index in [9.17, 15) is 14.3 Å². The normalized spacial score (nSPS) is 19.3. The van der Waals surface area contributed by atoms with E-state index in [0.29, 0.717) is 6.42 Å². The van der Waals surface area contributed by atoms with E-state index in [1.54, 1.807) is 23.5 Å². The van der Waals surface area contributed by atoms with Crippen LogP contribution in [0.2, 0.25) is 0 Å². The lowest BCUT2D eigenvalue weighted by Crippen LogP contribution is -2.39. The average molecular weight is 355 g/mol. The van der Waals surface area contributed by atoms with Crippen molar-refractivity contribution in [3.8, 4) is 0 Å². The number of benzene rings is 2. The summed E-state index contributed by atoms with van der Waals surface area (Å²) in [6.45, 7) is 0.729. The first kappa shape index (κ1) is 16.2. The van der Waals surface area contributed by atoms with Crippen molar-refractivity contribution < 1.29 is 14.3 Å². The number of thiophene rings is 1. The zero-order chi connectivity index (χ0) is 17.4. The molecule has 1 aliphatic heterocycles. The third-order valence-corrected chi connectivity index (χ3v) is 5.98. The first-order valence-corrected chi connectivity index (χ1v) is 9.17. The van der Waals surface area contributed by atoms with Crippen LogP contribution in [0.3, 0.4) is 0 Å². The van der Waals surface area contributed by atoms with E-state index in [0.717, 1.165) is 28.8 Å². The molecule has 5 heteroatoms. The van der Waals surface area contributed by atoms with Gasteiger partial charge in [0.25, 0.3) is 0 Å². The van der Waals surface area contributed by atoms with Gasteiger partial charge in [-0.25, -0.2) is 4.39 Å². The molecule has 25 heavy (non-hydrogen) atoms. The molecule has 3 aromatic rings. The van der Waals surface area contributed by atoms with Gasteiger partial charge in [-0.2, -0.15) is 0 Å². The summed E-state index contributed by atoms with van der Waals surface area (Å²) in [7, 11) is 0. The fourth-order valence-corrected chi connectivity index (χ4v) is 4.88. The Bertz CT molecular complexity index is 872. The van der Waals surface area contributed by atoms with Crippen molar-refractivity contribution in [2.75, 3.05) is 6.54 Å².